The molecule has 8 heteroatoms. The predicted molar refractivity (Wildman–Crippen MR) is 77.4 cm³/mol. The molecule has 21 heavy (non-hydrogen) atoms. The molecule has 108 valence electrons. The summed E-state index contributed by atoms with van der Waals surface area (Å²) in [6, 6.07) is 5.36. The lowest BCUT2D eigenvalue weighted by Crippen LogP contribution is -2.56. The van der Waals surface area contributed by atoms with E-state index in [0.29, 0.717) is 16.6 Å². The molecule has 2 N–H and O–H groups in total. The Hall–Kier alpha value is -2.48. The van der Waals surface area contributed by atoms with Gasteiger partial charge >= 0.3 is 0 Å². The molecule has 1 atom stereocenters. The van der Waals surface area contributed by atoms with Crippen molar-refractivity contribution in [2.24, 2.45) is 0 Å². The summed E-state index contributed by atoms with van der Waals surface area (Å²) in [5.74, 6) is -0.666. The second-order valence-corrected chi connectivity index (χ2v) is 5.62. The fraction of sp³-hybridized carbons (Fsp3) is 0.231. The highest BCUT2D eigenvalue weighted by Crippen LogP contribution is 2.34. The fourth-order valence-electron chi connectivity index (χ4n) is 1.93. The minimum atomic E-state index is -1.66. The number of hydrogen-bond acceptors (Lipinski definition) is 6. The molecule has 1 aromatic carbocycles. The summed E-state index contributed by atoms with van der Waals surface area (Å²) in [5, 5.41) is 12.9. The second kappa shape index (κ2) is 4.81. The van der Waals surface area contributed by atoms with Gasteiger partial charge in [-0.1, -0.05) is 17.4 Å². The van der Waals surface area contributed by atoms with Gasteiger partial charge in [0.1, 0.15) is 11.3 Å². The molecule has 0 unspecified atom stereocenters. The van der Waals surface area contributed by atoms with Crippen LogP contribution in [0, 0.1) is 6.92 Å². The first kappa shape index (κ1) is 13.5. The molecular formula is C13H12N4O3S. The van der Waals surface area contributed by atoms with E-state index < -0.39 is 17.4 Å². The van der Waals surface area contributed by atoms with E-state index in [1.165, 1.54) is 12.4 Å². The van der Waals surface area contributed by atoms with Crippen molar-refractivity contribution in [2.45, 2.75) is 19.4 Å². The van der Waals surface area contributed by atoms with E-state index in [1.807, 2.05) is 13.0 Å². The maximum absolute atomic E-state index is 12.3. The maximum Gasteiger partial charge on any atom is 0.280 e. The van der Waals surface area contributed by atoms with Crippen LogP contribution in [0.15, 0.2) is 23.7 Å². The zero-order chi connectivity index (χ0) is 15.0. The number of carbonyl (C=O) groups is 2. The molecule has 1 aromatic heterocycles. The molecule has 1 aliphatic heterocycles. The second-order valence-electron chi connectivity index (χ2n) is 4.79. The van der Waals surface area contributed by atoms with E-state index >= 15 is 0 Å². The van der Waals surface area contributed by atoms with Gasteiger partial charge in [-0.15, -0.1) is 10.2 Å². The monoisotopic (exact) mass is 304 g/mol. The molecule has 0 fully saturated rings. The Labute approximate surface area is 124 Å². The quantitative estimate of drug-likeness (QED) is 0.822. The van der Waals surface area contributed by atoms with Crippen LogP contribution < -0.4 is 15.4 Å². The standard InChI is InChI=1S/C13H12N4O3S/c1-7-3-4-9-8(5-7)15-10(18)13(2,20-9)11(19)16-12-17-14-6-21-12/h3-6H,1-2H3,(H,15,18)(H,16,17,19)/t13-/m0/s1. The minimum Gasteiger partial charge on any atom is -0.466 e. The summed E-state index contributed by atoms with van der Waals surface area (Å²) in [4.78, 5) is 24.5. The summed E-state index contributed by atoms with van der Waals surface area (Å²) < 4.78 is 5.63. The molecule has 1 aliphatic rings. The molecule has 0 spiro atoms. The molecule has 7 nitrogen and oxygen atoms in total. The Morgan fingerprint density at radius 3 is 3.00 bits per heavy atom. The first-order valence-electron chi connectivity index (χ1n) is 6.18. The van der Waals surface area contributed by atoms with Crippen molar-refractivity contribution >= 4 is 34.0 Å². The van der Waals surface area contributed by atoms with Crippen LogP contribution in [0.3, 0.4) is 0 Å². The zero-order valence-corrected chi connectivity index (χ0v) is 12.2. The van der Waals surface area contributed by atoms with Crippen LogP contribution in [0.25, 0.3) is 0 Å². The van der Waals surface area contributed by atoms with Crippen LogP contribution in [0.5, 0.6) is 5.75 Å². The number of aryl methyl sites for hydroxylation is 1. The highest BCUT2D eigenvalue weighted by Gasteiger charge is 2.47. The van der Waals surface area contributed by atoms with Crippen LogP contribution >= 0.6 is 11.3 Å². The normalized spacial score (nSPS) is 20.2. The van der Waals surface area contributed by atoms with E-state index in [1.54, 1.807) is 12.1 Å². The number of nitrogens with zero attached hydrogens (tertiary/aromatic N) is 2. The van der Waals surface area contributed by atoms with Gasteiger partial charge in [-0.2, -0.15) is 0 Å². The van der Waals surface area contributed by atoms with E-state index in [2.05, 4.69) is 20.8 Å². The third-order valence-electron chi connectivity index (χ3n) is 3.14. The average Bonchev–Trinajstić information content (AvgIpc) is 2.93. The van der Waals surface area contributed by atoms with E-state index in [9.17, 15) is 9.59 Å². The van der Waals surface area contributed by atoms with Gasteiger partial charge in [0.25, 0.3) is 17.4 Å². The van der Waals surface area contributed by atoms with Gasteiger partial charge in [-0.25, -0.2) is 0 Å². The highest BCUT2D eigenvalue weighted by atomic mass is 32.1. The van der Waals surface area contributed by atoms with Gasteiger partial charge in [0.05, 0.1) is 5.69 Å². The molecule has 0 radical (unpaired) electrons. The van der Waals surface area contributed by atoms with Crippen molar-refractivity contribution in [3.8, 4) is 5.75 Å². The molecule has 0 saturated heterocycles. The number of fused-ring (bicyclic) bond motifs is 1. The van der Waals surface area contributed by atoms with Gasteiger partial charge < -0.3 is 10.1 Å². The summed E-state index contributed by atoms with van der Waals surface area (Å²) in [7, 11) is 0. The van der Waals surface area contributed by atoms with Crippen LogP contribution in [-0.4, -0.2) is 27.6 Å². The number of anilines is 2. The Balaban J connectivity index is 1.89. The molecule has 0 aliphatic carbocycles. The zero-order valence-electron chi connectivity index (χ0n) is 11.3. The first-order valence-corrected chi connectivity index (χ1v) is 7.06. The van der Waals surface area contributed by atoms with Gasteiger partial charge in [0.15, 0.2) is 0 Å². The van der Waals surface area contributed by atoms with Gasteiger partial charge in [-0.3, -0.25) is 14.9 Å². The number of ether oxygens (including phenoxy) is 1. The van der Waals surface area contributed by atoms with E-state index in [-0.39, 0.29) is 0 Å². The molecular weight excluding hydrogens is 292 g/mol. The highest BCUT2D eigenvalue weighted by molar-refractivity contribution is 7.13. The Kier molecular flexibility index (Phi) is 3.09. The molecule has 0 bridgehead atoms. The Bertz CT molecular complexity index is 716. The van der Waals surface area contributed by atoms with Gasteiger partial charge in [0, 0.05) is 0 Å². The lowest BCUT2D eigenvalue weighted by molar-refractivity contribution is -0.143. The van der Waals surface area contributed by atoms with Crippen molar-refractivity contribution in [3.63, 3.8) is 0 Å². The third-order valence-corrected chi connectivity index (χ3v) is 3.75. The lowest BCUT2D eigenvalue weighted by Gasteiger charge is -2.33. The molecule has 0 saturated carbocycles. The van der Waals surface area contributed by atoms with Crippen molar-refractivity contribution in [1.29, 1.82) is 0 Å². The van der Waals surface area contributed by atoms with Crippen LogP contribution in [0.4, 0.5) is 10.8 Å². The summed E-state index contributed by atoms with van der Waals surface area (Å²) in [6.45, 7) is 3.32. The number of hydrogen-bond donors (Lipinski definition) is 2. The Morgan fingerprint density at radius 1 is 1.48 bits per heavy atom. The van der Waals surface area contributed by atoms with Crippen LogP contribution in [0.1, 0.15) is 12.5 Å². The summed E-state index contributed by atoms with van der Waals surface area (Å²) in [6.07, 6.45) is 0. The molecule has 2 aromatic rings. The van der Waals surface area contributed by atoms with Crippen LogP contribution in [0.2, 0.25) is 0 Å². The number of nitrogens with one attached hydrogen (secondary N) is 2. The summed E-state index contributed by atoms with van der Waals surface area (Å²) in [5.41, 5.74) is 1.37. The van der Waals surface area contributed by atoms with E-state index in [0.717, 1.165) is 16.9 Å². The Morgan fingerprint density at radius 2 is 2.29 bits per heavy atom. The van der Waals surface area contributed by atoms with Gasteiger partial charge in [-0.05, 0) is 31.5 Å². The average molecular weight is 304 g/mol. The lowest BCUT2D eigenvalue weighted by atomic mass is 10.0. The molecule has 2 amide bonds. The number of rotatable bonds is 2. The molecule has 3 rings (SSSR count). The largest absolute Gasteiger partial charge is 0.466 e. The maximum atomic E-state index is 12.3. The number of benzene rings is 1. The van der Waals surface area contributed by atoms with Gasteiger partial charge in [0.2, 0.25) is 5.13 Å². The molecule has 2 heterocycles. The summed E-state index contributed by atoms with van der Waals surface area (Å²) >= 11 is 1.16. The minimum absolute atomic E-state index is 0.312. The SMILES string of the molecule is Cc1ccc2c(c1)NC(=O)[C@@](C)(C(=O)Nc1nncs1)O2. The number of aromatic nitrogens is 2. The van der Waals surface area contributed by atoms with Crippen molar-refractivity contribution < 1.29 is 14.3 Å². The number of amides is 2. The third kappa shape index (κ3) is 2.33. The first-order chi connectivity index (χ1) is 9.99. The van der Waals surface area contributed by atoms with Crippen LogP contribution in [-0.2, 0) is 9.59 Å². The van der Waals surface area contributed by atoms with Crippen molar-refractivity contribution in [2.75, 3.05) is 10.6 Å². The fourth-order valence-corrected chi connectivity index (χ4v) is 2.37. The van der Waals surface area contributed by atoms with Crippen molar-refractivity contribution in [3.05, 3.63) is 29.3 Å². The smallest absolute Gasteiger partial charge is 0.280 e. The topological polar surface area (TPSA) is 93.2 Å². The van der Waals surface area contributed by atoms with Crippen molar-refractivity contribution in [1.82, 2.24) is 10.2 Å². The predicted octanol–water partition coefficient (Wildman–Crippen LogP) is 1.57. The number of carbonyl (C=O) groups excluding carboxylic acids is 2. The van der Waals surface area contributed by atoms with E-state index in [4.69, 9.17) is 4.74 Å².